The van der Waals surface area contributed by atoms with Gasteiger partial charge in [-0.15, -0.1) is 0 Å². The minimum absolute atomic E-state index is 0.639. The van der Waals surface area contributed by atoms with Gasteiger partial charge in [0.2, 0.25) is 5.95 Å². The summed E-state index contributed by atoms with van der Waals surface area (Å²) in [5, 5.41) is 3.30. The standard InChI is InChI=1S/C12H21N3O/c1-3-13-12-14-10(2)7-15(12)8-11-5-4-6-16-9-11/h7,11H,3-6,8-9H2,1-2H3,(H,13,14). The van der Waals surface area contributed by atoms with Crippen LogP contribution in [0, 0.1) is 12.8 Å². The quantitative estimate of drug-likeness (QED) is 0.849. The van der Waals surface area contributed by atoms with Gasteiger partial charge in [-0.25, -0.2) is 4.98 Å². The van der Waals surface area contributed by atoms with E-state index < -0.39 is 0 Å². The fourth-order valence-electron chi connectivity index (χ4n) is 2.21. The van der Waals surface area contributed by atoms with Gasteiger partial charge in [-0.2, -0.15) is 0 Å². The third-order valence-corrected chi connectivity index (χ3v) is 2.94. The van der Waals surface area contributed by atoms with Gasteiger partial charge in [-0.1, -0.05) is 0 Å². The number of nitrogens with zero attached hydrogens (tertiary/aromatic N) is 2. The molecule has 0 amide bonds. The Labute approximate surface area is 97.0 Å². The van der Waals surface area contributed by atoms with Gasteiger partial charge >= 0.3 is 0 Å². The summed E-state index contributed by atoms with van der Waals surface area (Å²) in [7, 11) is 0. The van der Waals surface area contributed by atoms with Crippen molar-refractivity contribution in [3.63, 3.8) is 0 Å². The van der Waals surface area contributed by atoms with E-state index in [9.17, 15) is 0 Å². The lowest BCUT2D eigenvalue weighted by Crippen LogP contribution is -2.22. The van der Waals surface area contributed by atoms with E-state index in [4.69, 9.17) is 4.74 Å². The number of hydrogen-bond donors (Lipinski definition) is 1. The minimum atomic E-state index is 0.639. The molecule has 1 unspecified atom stereocenters. The van der Waals surface area contributed by atoms with Crippen LogP contribution < -0.4 is 5.32 Å². The minimum Gasteiger partial charge on any atom is -0.381 e. The van der Waals surface area contributed by atoms with E-state index >= 15 is 0 Å². The number of aromatic nitrogens is 2. The lowest BCUT2D eigenvalue weighted by Gasteiger charge is -2.23. The summed E-state index contributed by atoms with van der Waals surface area (Å²) in [6.07, 6.45) is 4.57. The van der Waals surface area contributed by atoms with Crippen LogP contribution >= 0.6 is 0 Å². The molecule has 1 aromatic heterocycles. The number of rotatable bonds is 4. The normalized spacial score (nSPS) is 21.0. The molecule has 4 heteroatoms. The summed E-state index contributed by atoms with van der Waals surface area (Å²) in [5.41, 5.74) is 1.08. The van der Waals surface area contributed by atoms with Crippen LogP contribution in [0.2, 0.25) is 0 Å². The van der Waals surface area contributed by atoms with Crippen molar-refractivity contribution in [3.05, 3.63) is 11.9 Å². The second-order valence-electron chi connectivity index (χ2n) is 4.47. The Morgan fingerprint density at radius 1 is 1.62 bits per heavy atom. The lowest BCUT2D eigenvalue weighted by atomic mass is 10.0. The molecule has 1 saturated heterocycles. The zero-order valence-corrected chi connectivity index (χ0v) is 10.2. The Hall–Kier alpha value is -1.03. The highest BCUT2D eigenvalue weighted by Gasteiger charge is 2.16. The fourth-order valence-corrected chi connectivity index (χ4v) is 2.21. The first-order valence-corrected chi connectivity index (χ1v) is 6.15. The smallest absolute Gasteiger partial charge is 0.203 e. The topological polar surface area (TPSA) is 39.1 Å². The van der Waals surface area contributed by atoms with Crippen molar-refractivity contribution in [2.45, 2.75) is 33.2 Å². The highest BCUT2D eigenvalue weighted by Crippen LogP contribution is 2.18. The first-order valence-electron chi connectivity index (χ1n) is 6.15. The van der Waals surface area contributed by atoms with E-state index in [-0.39, 0.29) is 0 Å². The van der Waals surface area contributed by atoms with E-state index in [2.05, 4.69) is 28.0 Å². The van der Waals surface area contributed by atoms with Crippen LogP contribution in [0.15, 0.2) is 6.20 Å². The molecule has 1 aromatic rings. The molecule has 1 N–H and O–H groups in total. The maximum Gasteiger partial charge on any atom is 0.203 e. The summed E-state index contributed by atoms with van der Waals surface area (Å²) < 4.78 is 7.73. The van der Waals surface area contributed by atoms with Gasteiger partial charge in [0.25, 0.3) is 0 Å². The molecule has 2 rings (SSSR count). The summed E-state index contributed by atoms with van der Waals surface area (Å²) in [6, 6.07) is 0. The second-order valence-corrected chi connectivity index (χ2v) is 4.47. The number of ether oxygens (including phenoxy) is 1. The molecule has 1 fully saturated rings. The average molecular weight is 223 g/mol. The molecule has 0 spiro atoms. The second kappa shape index (κ2) is 5.34. The van der Waals surface area contributed by atoms with Gasteiger partial charge < -0.3 is 14.6 Å². The van der Waals surface area contributed by atoms with Crippen molar-refractivity contribution < 1.29 is 4.74 Å². The van der Waals surface area contributed by atoms with Gasteiger partial charge in [0.05, 0.1) is 12.3 Å². The third-order valence-electron chi connectivity index (χ3n) is 2.94. The largest absolute Gasteiger partial charge is 0.381 e. The van der Waals surface area contributed by atoms with Crippen LogP contribution in [0.4, 0.5) is 5.95 Å². The number of imidazole rings is 1. The van der Waals surface area contributed by atoms with Gasteiger partial charge in [-0.3, -0.25) is 0 Å². The molecule has 0 aliphatic carbocycles. The molecule has 2 heterocycles. The molecule has 0 radical (unpaired) electrons. The summed E-state index contributed by atoms with van der Waals surface area (Å²) in [5.74, 6) is 1.63. The number of aryl methyl sites for hydroxylation is 1. The van der Waals surface area contributed by atoms with Crippen molar-refractivity contribution in [3.8, 4) is 0 Å². The monoisotopic (exact) mass is 223 g/mol. The van der Waals surface area contributed by atoms with Crippen LogP contribution in [0.25, 0.3) is 0 Å². The Kier molecular flexibility index (Phi) is 3.83. The van der Waals surface area contributed by atoms with Gasteiger partial charge in [0.15, 0.2) is 0 Å². The molecule has 0 saturated carbocycles. The summed E-state index contributed by atoms with van der Waals surface area (Å²) >= 11 is 0. The number of nitrogens with one attached hydrogen (secondary N) is 1. The highest BCUT2D eigenvalue weighted by atomic mass is 16.5. The number of hydrogen-bond acceptors (Lipinski definition) is 3. The molecular formula is C12H21N3O. The predicted octanol–water partition coefficient (Wildman–Crippen LogP) is 2.05. The first-order chi connectivity index (χ1) is 7.79. The molecule has 16 heavy (non-hydrogen) atoms. The van der Waals surface area contributed by atoms with Crippen LogP contribution in [0.3, 0.4) is 0 Å². The van der Waals surface area contributed by atoms with Crippen molar-refractivity contribution >= 4 is 5.95 Å². The summed E-state index contributed by atoms with van der Waals surface area (Å²) in [6.45, 7) is 7.88. The van der Waals surface area contributed by atoms with Gasteiger partial charge in [0, 0.05) is 31.8 Å². The molecule has 90 valence electrons. The zero-order valence-electron chi connectivity index (χ0n) is 10.2. The molecule has 0 aromatic carbocycles. The molecule has 1 aliphatic rings. The highest BCUT2D eigenvalue weighted by molar-refractivity contribution is 5.28. The molecule has 1 atom stereocenters. The fraction of sp³-hybridized carbons (Fsp3) is 0.750. The maximum absolute atomic E-state index is 5.51. The van der Waals surface area contributed by atoms with Crippen LogP contribution in [0.5, 0.6) is 0 Å². The van der Waals surface area contributed by atoms with Crippen molar-refractivity contribution in [2.24, 2.45) is 5.92 Å². The number of anilines is 1. The molecule has 1 aliphatic heterocycles. The molecular weight excluding hydrogens is 202 g/mol. The summed E-state index contributed by atoms with van der Waals surface area (Å²) in [4.78, 5) is 4.48. The Bertz CT molecular complexity index is 329. The van der Waals surface area contributed by atoms with Crippen LogP contribution in [-0.4, -0.2) is 29.3 Å². The third kappa shape index (κ3) is 2.76. The van der Waals surface area contributed by atoms with E-state index in [0.717, 1.165) is 37.9 Å². The average Bonchev–Trinajstić information content (AvgIpc) is 2.61. The predicted molar refractivity (Wildman–Crippen MR) is 64.7 cm³/mol. The van der Waals surface area contributed by atoms with E-state index in [1.54, 1.807) is 0 Å². The maximum atomic E-state index is 5.51. The Morgan fingerprint density at radius 2 is 2.50 bits per heavy atom. The van der Waals surface area contributed by atoms with Crippen molar-refractivity contribution in [1.82, 2.24) is 9.55 Å². The lowest BCUT2D eigenvalue weighted by molar-refractivity contribution is 0.0485. The molecule has 4 nitrogen and oxygen atoms in total. The SMILES string of the molecule is CCNc1nc(C)cn1CC1CCCOC1. The van der Waals surface area contributed by atoms with Gasteiger partial charge in [-0.05, 0) is 26.7 Å². The van der Waals surface area contributed by atoms with E-state index in [0.29, 0.717) is 5.92 Å². The van der Waals surface area contributed by atoms with Crippen molar-refractivity contribution in [2.75, 3.05) is 25.1 Å². The van der Waals surface area contributed by atoms with Crippen LogP contribution in [-0.2, 0) is 11.3 Å². The molecule has 0 bridgehead atoms. The van der Waals surface area contributed by atoms with E-state index in [1.165, 1.54) is 12.8 Å². The van der Waals surface area contributed by atoms with Crippen molar-refractivity contribution in [1.29, 1.82) is 0 Å². The Morgan fingerprint density at radius 3 is 3.19 bits per heavy atom. The Balaban J connectivity index is 2.01. The zero-order chi connectivity index (χ0) is 11.4. The van der Waals surface area contributed by atoms with E-state index in [1.807, 2.05) is 6.92 Å². The van der Waals surface area contributed by atoms with Crippen LogP contribution in [0.1, 0.15) is 25.5 Å². The van der Waals surface area contributed by atoms with Gasteiger partial charge in [0.1, 0.15) is 0 Å². The first kappa shape index (κ1) is 11.5.